The normalized spacial score (nSPS) is 16.5. The molecule has 0 aliphatic heterocycles. The number of rotatable bonds is 6. The zero-order valence-corrected chi connectivity index (χ0v) is 9.56. The molecule has 0 spiro atoms. The molecule has 0 aliphatic rings. The summed E-state index contributed by atoms with van der Waals surface area (Å²) in [5, 5.41) is 0. The highest BCUT2D eigenvalue weighted by Crippen LogP contribution is 2.26. The molecule has 2 atom stereocenters. The van der Waals surface area contributed by atoms with E-state index in [0.29, 0.717) is 0 Å². The predicted octanol–water partition coefficient (Wildman–Crippen LogP) is 4.49. The van der Waals surface area contributed by atoms with Crippen LogP contribution in [0.3, 0.4) is 0 Å². The van der Waals surface area contributed by atoms with Crippen LogP contribution < -0.4 is 0 Å². The molecule has 74 valence electrons. The highest BCUT2D eigenvalue weighted by Gasteiger charge is 2.15. The number of hydrogen-bond donors (Lipinski definition) is 0. The fourth-order valence-corrected chi connectivity index (χ4v) is 2.20. The number of hydrogen-bond acceptors (Lipinski definition) is 0. The average Bonchev–Trinajstić information content (AvgIpc) is 1.98. The van der Waals surface area contributed by atoms with Crippen molar-refractivity contribution in [2.24, 2.45) is 17.8 Å². The van der Waals surface area contributed by atoms with Crippen LogP contribution in [0.5, 0.6) is 0 Å². The van der Waals surface area contributed by atoms with Crippen LogP contribution in [-0.4, -0.2) is 0 Å². The molecule has 12 heavy (non-hydrogen) atoms. The van der Waals surface area contributed by atoms with Crippen LogP contribution in [-0.2, 0) is 0 Å². The van der Waals surface area contributed by atoms with E-state index < -0.39 is 0 Å². The zero-order valence-electron chi connectivity index (χ0n) is 9.56. The smallest absolute Gasteiger partial charge is 0.0391 e. The Bertz CT molecular complexity index is 94.2. The predicted molar refractivity (Wildman–Crippen MR) is 57.3 cm³/mol. The van der Waals surface area contributed by atoms with Gasteiger partial charge in [-0.15, -0.1) is 0 Å². The first-order valence-corrected chi connectivity index (χ1v) is 5.61. The average molecular weight is 170 g/mol. The molecule has 0 N–H and O–H groups in total. The third kappa shape index (κ3) is 4.79. The summed E-state index contributed by atoms with van der Waals surface area (Å²) < 4.78 is 0. The van der Waals surface area contributed by atoms with E-state index in [4.69, 9.17) is 0 Å². The van der Waals surface area contributed by atoms with Crippen molar-refractivity contribution in [3.8, 4) is 0 Å². The Morgan fingerprint density at radius 3 is 1.92 bits per heavy atom. The molecule has 0 aromatic rings. The molecule has 2 unspecified atom stereocenters. The molecule has 0 heteroatoms. The molecule has 0 saturated heterocycles. The second-order valence-corrected chi connectivity index (χ2v) is 4.56. The molecule has 0 nitrogen and oxygen atoms in total. The van der Waals surface area contributed by atoms with E-state index in [0.717, 1.165) is 17.8 Å². The lowest BCUT2D eigenvalue weighted by atomic mass is 9.83. The molecule has 0 fully saturated rings. The van der Waals surface area contributed by atoms with Crippen LogP contribution in [0.2, 0.25) is 0 Å². The van der Waals surface area contributed by atoms with Gasteiger partial charge in [0.25, 0.3) is 0 Å². The van der Waals surface area contributed by atoms with E-state index in [2.05, 4.69) is 34.6 Å². The van der Waals surface area contributed by atoms with Crippen LogP contribution >= 0.6 is 0 Å². The Balaban J connectivity index is 3.76. The molecular weight excluding hydrogens is 144 g/mol. The van der Waals surface area contributed by atoms with Gasteiger partial charge in [-0.2, -0.15) is 0 Å². The highest BCUT2D eigenvalue weighted by molar-refractivity contribution is 4.66. The van der Waals surface area contributed by atoms with Crippen molar-refractivity contribution < 1.29 is 0 Å². The Labute approximate surface area is 78.8 Å². The molecule has 0 bridgehead atoms. The summed E-state index contributed by atoms with van der Waals surface area (Å²) in [5.41, 5.74) is 0. The van der Waals surface area contributed by atoms with Crippen LogP contribution in [0.25, 0.3) is 0 Å². The molecule has 0 aromatic heterocycles. The first-order chi connectivity index (χ1) is 5.61. The summed E-state index contributed by atoms with van der Waals surface area (Å²) in [4.78, 5) is 0. The molecular formula is C12H26. The fourth-order valence-electron chi connectivity index (χ4n) is 2.20. The zero-order chi connectivity index (χ0) is 9.56. The third-order valence-corrected chi connectivity index (χ3v) is 2.83. The second-order valence-electron chi connectivity index (χ2n) is 4.56. The topological polar surface area (TPSA) is 0 Å². The van der Waals surface area contributed by atoms with Crippen LogP contribution in [0.4, 0.5) is 0 Å². The van der Waals surface area contributed by atoms with Gasteiger partial charge in [0.1, 0.15) is 0 Å². The first-order valence-electron chi connectivity index (χ1n) is 5.61. The standard InChI is InChI=1S/C12H26/c1-6-8-12(7-2)11(5)9-10(3)4/h10-12H,6-9H2,1-5H3. The van der Waals surface area contributed by atoms with Crippen molar-refractivity contribution in [2.45, 2.75) is 60.3 Å². The largest absolute Gasteiger partial charge is 0.0654 e. The van der Waals surface area contributed by atoms with Gasteiger partial charge in [-0.1, -0.05) is 53.9 Å². The molecule has 0 heterocycles. The van der Waals surface area contributed by atoms with Crippen LogP contribution in [0.15, 0.2) is 0 Å². The Kier molecular flexibility index (Phi) is 6.51. The Morgan fingerprint density at radius 1 is 1.00 bits per heavy atom. The quantitative estimate of drug-likeness (QED) is 0.551. The molecule has 0 radical (unpaired) electrons. The van der Waals surface area contributed by atoms with Crippen molar-refractivity contribution in [3.63, 3.8) is 0 Å². The Morgan fingerprint density at radius 2 is 1.58 bits per heavy atom. The molecule has 0 amide bonds. The third-order valence-electron chi connectivity index (χ3n) is 2.83. The van der Waals surface area contributed by atoms with Crippen LogP contribution in [0.1, 0.15) is 60.3 Å². The van der Waals surface area contributed by atoms with Gasteiger partial charge in [0, 0.05) is 0 Å². The summed E-state index contributed by atoms with van der Waals surface area (Å²) in [7, 11) is 0. The lowest BCUT2D eigenvalue weighted by Gasteiger charge is -2.23. The van der Waals surface area contributed by atoms with E-state index in [1.807, 2.05) is 0 Å². The lowest BCUT2D eigenvalue weighted by molar-refractivity contribution is 0.278. The second kappa shape index (κ2) is 6.51. The minimum absolute atomic E-state index is 0.867. The van der Waals surface area contributed by atoms with Gasteiger partial charge in [-0.3, -0.25) is 0 Å². The molecule has 0 saturated carbocycles. The van der Waals surface area contributed by atoms with Crippen molar-refractivity contribution in [1.82, 2.24) is 0 Å². The van der Waals surface area contributed by atoms with Crippen molar-refractivity contribution in [1.29, 1.82) is 0 Å². The van der Waals surface area contributed by atoms with Gasteiger partial charge in [0.15, 0.2) is 0 Å². The van der Waals surface area contributed by atoms with Crippen LogP contribution in [0, 0.1) is 17.8 Å². The van der Waals surface area contributed by atoms with Gasteiger partial charge < -0.3 is 0 Å². The summed E-state index contributed by atoms with van der Waals surface area (Å²) in [6, 6.07) is 0. The van der Waals surface area contributed by atoms with Crippen molar-refractivity contribution in [3.05, 3.63) is 0 Å². The summed E-state index contributed by atoms with van der Waals surface area (Å²) in [6.45, 7) is 11.7. The monoisotopic (exact) mass is 170 g/mol. The highest BCUT2D eigenvalue weighted by atomic mass is 14.2. The minimum Gasteiger partial charge on any atom is -0.0654 e. The van der Waals surface area contributed by atoms with Gasteiger partial charge in [-0.25, -0.2) is 0 Å². The maximum Gasteiger partial charge on any atom is -0.0391 e. The SMILES string of the molecule is CCCC(CC)C(C)CC(C)C. The summed E-state index contributed by atoms with van der Waals surface area (Å²) in [5.74, 6) is 2.76. The van der Waals surface area contributed by atoms with E-state index in [9.17, 15) is 0 Å². The Hall–Kier alpha value is 0. The summed E-state index contributed by atoms with van der Waals surface area (Å²) >= 11 is 0. The molecule has 0 aromatic carbocycles. The van der Waals surface area contributed by atoms with E-state index in [1.54, 1.807) is 0 Å². The van der Waals surface area contributed by atoms with Crippen molar-refractivity contribution in [2.75, 3.05) is 0 Å². The lowest BCUT2D eigenvalue weighted by Crippen LogP contribution is -2.12. The van der Waals surface area contributed by atoms with Crippen molar-refractivity contribution >= 4 is 0 Å². The van der Waals surface area contributed by atoms with Gasteiger partial charge in [0.05, 0.1) is 0 Å². The van der Waals surface area contributed by atoms with E-state index in [1.165, 1.54) is 25.7 Å². The van der Waals surface area contributed by atoms with Gasteiger partial charge in [0.2, 0.25) is 0 Å². The first kappa shape index (κ1) is 12.0. The maximum atomic E-state index is 2.42. The molecule has 0 aliphatic carbocycles. The van der Waals surface area contributed by atoms with Gasteiger partial charge in [-0.05, 0) is 24.2 Å². The van der Waals surface area contributed by atoms with E-state index >= 15 is 0 Å². The maximum absolute atomic E-state index is 2.42. The van der Waals surface area contributed by atoms with E-state index in [-0.39, 0.29) is 0 Å². The minimum atomic E-state index is 0.867. The fraction of sp³-hybridized carbons (Fsp3) is 1.00. The molecule has 0 rings (SSSR count). The van der Waals surface area contributed by atoms with Gasteiger partial charge >= 0.3 is 0 Å². The summed E-state index contributed by atoms with van der Waals surface area (Å²) in [6.07, 6.45) is 5.53.